The quantitative estimate of drug-likeness (QED) is 0.852. The van der Waals surface area contributed by atoms with Gasteiger partial charge in [-0.3, -0.25) is 4.72 Å². The fraction of sp³-hybridized carbons (Fsp3) is 0.235. The smallest absolute Gasteiger partial charge is 0.340 e. The van der Waals surface area contributed by atoms with E-state index in [1.165, 1.54) is 12.1 Å². The highest BCUT2D eigenvalue weighted by Crippen LogP contribution is 2.23. The van der Waals surface area contributed by atoms with Crippen molar-refractivity contribution in [2.45, 2.75) is 25.7 Å². The molecule has 1 N–H and O–H groups in total. The van der Waals surface area contributed by atoms with Crippen molar-refractivity contribution in [1.82, 2.24) is 0 Å². The molecule has 5 nitrogen and oxygen atoms in total. The van der Waals surface area contributed by atoms with Crippen molar-refractivity contribution >= 4 is 21.7 Å². The van der Waals surface area contributed by atoms with E-state index in [1.807, 2.05) is 13.0 Å². The van der Waals surface area contributed by atoms with Gasteiger partial charge in [0.2, 0.25) is 0 Å². The van der Waals surface area contributed by atoms with Gasteiger partial charge in [-0.2, -0.15) is 0 Å². The third-order valence-corrected chi connectivity index (χ3v) is 4.81. The Labute approximate surface area is 136 Å². The molecule has 23 heavy (non-hydrogen) atoms. The van der Waals surface area contributed by atoms with E-state index < -0.39 is 16.0 Å². The molecule has 0 radical (unpaired) electrons. The third kappa shape index (κ3) is 3.90. The molecule has 0 atom stereocenters. The minimum atomic E-state index is -3.80. The molecule has 0 fully saturated rings. The minimum absolute atomic E-state index is 0.184. The molecule has 0 aliphatic rings. The van der Waals surface area contributed by atoms with Crippen LogP contribution in [-0.2, 0) is 14.8 Å². The maximum atomic E-state index is 12.6. The summed E-state index contributed by atoms with van der Waals surface area (Å²) in [4.78, 5) is 12.1. The molecule has 122 valence electrons. The fourth-order valence-corrected chi connectivity index (χ4v) is 3.57. The second kappa shape index (κ2) is 6.83. The number of sulfonamides is 1. The average Bonchev–Trinajstić information content (AvgIpc) is 2.50. The summed E-state index contributed by atoms with van der Waals surface area (Å²) in [7, 11) is -3.80. The van der Waals surface area contributed by atoms with E-state index in [0.29, 0.717) is 5.56 Å². The van der Waals surface area contributed by atoms with Crippen LogP contribution in [0.2, 0.25) is 0 Å². The lowest BCUT2D eigenvalue weighted by molar-refractivity contribution is 0.0527. The van der Waals surface area contributed by atoms with Gasteiger partial charge in [-0.05, 0) is 50.1 Å². The van der Waals surface area contributed by atoms with Crippen molar-refractivity contribution < 1.29 is 17.9 Å². The largest absolute Gasteiger partial charge is 0.462 e. The zero-order chi connectivity index (χ0) is 17.0. The molecular weight excluding hydrogens is 314 g/mol. The number of para-hydroxylation sites is 1. The Morgan fingerprint density at radius 3 is 2.52 bits per heavy atom. The van der Waals surface area contributed by atoms with Gasteiger partial charge in [-0.25, -0.2) is 13.2 Å². The fourth-order valence-electron chi connectivity index (χ4n) is 2.16. The minimum Gasteiger partial charge on any atom is -0.462 e. The Morgan fingerprint density at radius 2 is 1.83 bits per heavy atom. The van der Waals surface area contributed by atoms with Crippen LogP contribution in [0.1, 0.15) is 28.4 Å². The van der Waals surface area contributed by atoms with Gasteiger partial charge in [-0.15, -0.1) is 0 Å². The molecule has 0 spiro atoms. The van der Waals surface area contributed by atoms with Gasteiger partial charge in [0.25, 0.3) is 10.0 Å². The topological polar surface area (TPSA) is 72.5 Å². The SMILES string of the molecule is CCOC(=O)c1ccccc1NS(=O)(=O)c1cc(C)ccc1C. The van der Waals surface area contributed by atoms with E-state index in [9.17, 15) is 13.2 Å². The Balaban J connectivity index is 2.42. The summed E-state index contributed by atoms with van der Waals surface area (Å²) < 4.78 is 32.7. The summed E-state index contributed by atoms with van der Waals surface area (Å²) in [5, 5.41) is 0. The summed E-state index contributed by atoms with van der Waals surface area (Å²) >= 11 is 0. The van der Waals surface area contributed by atoms with Crippen LogP contribution < -0.4 is 4.72 Å². The van der Waals surface area contributed by atoms with Gasteiger partial charge in [-0.1, -0.05) is 24.3 Å². The molecule has 0 aromatic heterocycles. The van der Waals surface area contributed by atoms with Crippen molar-refractivity contribution in [3.63, 3.8) is 0 Å². The molecule has 0 heterocycles. The molecule has 0 amide bonds. The number of hydrogen-bond acceptors (Lipinski definition) is 4. The van der Waals surface area contributed by atoms with Crippen molar-refractivity contribution in [2.24, 2.45) is 0 Å². The maximum Gasteiger partial charge on any atom is 0.340 e. The first kappa shape index (κ1) is 17.0. The summed E-state index contributed by atoms with van der Waals surface area (Å²) in [5.41, 5.74) is 1.86. The molecule has 0 unspecified atom stereocenters. The first-order chi connectivity index (χ1) is 10.8. The standard InChI is InChI=1S/C17H19NO4S/c1-4-22-17(19)14-7-5-6-8-15(14)18-23(20,21)16-11-12(2)9-10-13(16)3/h5-11,18H,4H2,1-3H3. The van der Waals surface area contributed by atoms with Gasteiger partial charge in [0.15, 0.2) is 0 Å². The summed E-state index contributed by atoms with van der Waals surface area (Å²) in [6.07, 6.45) is 0. The molecular formula is C17H19NO4S. The third-order valence-electron chi connectivity index (χ3n) is 3.30. The zero-order valence-corrected chi connectivity index (χ0v) is 14.1. The number of ether oxygens (including phenoxy) is 1. The maximum absolute atomic E-state index is 12.6. The van der Waals surface area contributed by atoms with Crippen LogP contribution in [0.15, 0.2) is 47.4 Å². The zero-order valence-electron chi connectivity index (χ0n) is 13.3. The lowest BCUT2D eigenvalue weighted by atomic mass is 10.2. The van der Waals surface area contributed by atoms with Gasteiger partial charge < -0.3 is 4.74 Å². The normalized spacial score (nSPS) is 11.1. The second-order valence-electron chi connectivity index (χ2n) is 5.14. The molecule has 2 rings (SSSR count). The van der Waals surface area contributed by atoms with Crippen LogP contribution in [0.5, 0.6) is 0 Å². The van der Waals surface area contributed by atoms with Crippen molar-refractivity contribution in [3.05, 3.63) is 59.2 Å². The summed E-state index contributed by atoms with van der Waals surface area (Å²) in [6, 6.07) is 11.6. The summed E-state index contributed by atoms with van der Waals surface area (Å²) in [5.74, 6) is -0.563. The number of rotatable bonds is 5. The summed E-state index contributed by atoms with van der Waals surface area (Å²) in [6.45, 7) is 5.47. The van der Waals surface area contributed by atoms with Crippen LogP contribution in [0, 0.1) is 13.8 Å². The number of benzene rings is 2. The lowest BCUT2D eigenvalue weighted by Crippen LogP contribution is -2.17. The molecule has 0 saturated carbocycles. The lowest BCUT2D eigenvalue weighted by Gasteiger charge is -2.13. The molecule has 0 saturated heterocycles. The highest BCUT2D eigenvalue weighted by Gasteiger charge is 2.20. The highest BCUT2D eigenvalue weighted by molar-refractivity contribution is 7.92. The number of esters is 1. The van der Waals surface area contributed by atoms with Crippen LogP contribution in [0.4, 0.5) is 5.69 Å². The molecule has 6 heteroatoms. The van der Waals surface area contributed by atoms with Gasteiger partial charge in [0.1, 0.15) is 0 Å². The van der Waals surface area contributed by atoms with Crippen LogP contribution >= 0.6 is 0 Å². The number of aryl methyl sites for hydroxylation is 2. The molecule has 0 aliphatic carbocycles. The van der Waals surface area contributed by atoms with Crippen LogP contribution in [0.3, 0.4) is 0 Å². The number of carbonyl (C=O) groups is 1. The van der Waals surface area contributed by atoms with Crippen LogP contribution in [-0.4, -0.2) is 21.0 Å². The molecule has 2 aromatic rings. The van der Waals surface area contributed by atoms with Crippen molar-refractivity contribution in [2.75, 3.05) is 11.3 Å². The Hall–Kier alpha value is -2.34. The Kier molecular flexibility index (Phi) is 5.05. The number of anilines is 1. The van der Waals surface area contributed by atoms with E-state index in [1.54, 1.807) is 38.1 Å². The predicted molar refractivity (Wildman–Crippen MR) is 89.1 cm³/mol. The van der Waals surface area contributed by atoms with E-state index in [4.69, 9.17) is 4.74 Å². The molecule has 2 aromatic carbocycles. The molecule has 0 bridgehead atoms. The van der Waals surface area contributed by atoms with E-state index >= 15 is 0 Å². The van der Waals surface area contributed by atoms with E-state index in [-0.39, 0.29) is 22.8 Å². The number of hydrogen-bond donors (Lipinski definition) is 1. The number of nitrogens with one attached hydrogen (secondary N) is 1. The first-order valence-corrected chi connectivity index (χ1v) is 8.69. The second-order valence-corrected chi connectivity index (χ2v) is 6.79. The van der Waals surface area contributed by atoms with Gasteiger partial charge in [0.05, 0.1) is 22.8 Å². The van der Waals surface area contributed by atoms with Gasteiger partial charge in [0, 0.05) is 0 Å². The average molecular weight is 333 g/mol. The number of carbonyl (C=O) groups excluding carboxylic acids is 1. The Morgan fingerprint density at radius 1 is 1.13 bits per heavy atom. The van der Waals surface area contributed by atoms with Crippen LogP contribution in [0.25, 0.3) is 0 Å². The first-order valence-electron chi connectivity index (χ1n) is 7.21. The molecule has 0 aliphatic heterocycles. The highest BCUT2D eigenvalue weighted by atomic mass is 32.2. The van der Waals surface area contributed by atoms with Crippen molar-refractivity contribution in [1.29, 1.82) is 0 Å². The Bertz CT molecular complexity index is 828. The van der Waals surface area contributed by atoms with E-state index in [0.717, 1.165) is 5.56 Å². The monoisotopic (exact) mass is 333 g/mol. The van der Waals surface area contributed by atoms with Crippen molar-refractivity contribution in [3.8, 4) is 0 Å². The predicted octanol–water partition coefficient (Wildman–Crippen LogP) is 3.28. The van der Waals surface area contributed by atoms with Gasteiger partial charge >= 0.3 is 5.97 Å². The van der Waals surface area contributed by atoms with E-state index in [2.05, 4.69) is 4.72 Å².